The summed E-state index contributed by atoms with van der Waals surface area (Å²) < 4.78 is 2.04. The van der Waals surface area contributed by atoms with Crippen molar-refractivity contribution in [3.8, 4) is 0 Å². The van der Waals surface area contributed by atoms with E-state index in [9.17, 15) is 9.90 Å². The van der Waals surface area contributed by atoms with E-state index in [2.05, 4.69) is 16.3 Å². The van der Waals surface area contributed by atoms with Gasteiger partial charge in [-0.15, -0.1) is 0 Å². The monoisotopic (exact) mass is 303 g/mol. The molecule has 1 aromatic heterocycles. The van der Waals surface area contributed by atoms with E-state index in [-0.39, 0.29) is 11.7 Å². The molecule has 2 fully saturated rings. The van der Waals surface area contributed by atoms with Gasteiger partial charge in [0, 0.05) is 49.9 Å². The van der Waals surface area contributed by atoms with Gasteiger partial charge in [0.1, 0.15) is 0 Å². The molecule has 3 aliphatic rings. The van der Waals surface area contributed by atoms with Crippen LogP contribution in [-0.4, -0.2) is 46.9 Å². The van der Waals surface area contributed by atoms with Gasteiger partial charge in [0.15, 0.2) is 0 Å². The maximum absolute atomic E-state index is 12.8. The highest BCUT2D eigenvalue weighted by Gasteiger charge is 2.31. The fourth-order valence-corrected chi connectivity index (χ4v) is 4.27. The van der Waals surface area contributed by atoms with E-state index < -0.39 is 0 Å². The summed E-state index contributed by atoms with van der Waals surface area (Å²) in [7, 11) is 0. The Balaban J connectivity index is 1.57. The molecule has 0 saturated carbocycles. The number of pyridine rings is 1. The van der Waals surface area contributed by atoms with Crippen LogP contribution in [0.1, 0.15) is 36.4 Å². The van der Waals surface area contributed by atoms with E-state index >= 15 is 0 Å². The Bertz CT molecular complexity index is 604. The van der Waals surface area contributed by atoms with Crippen LogP contribution in [0.25, 0.3) is 0 Å². The molecule has 1 aromatic rings. The molecule has 2 bridgehead atoms. The number of aliphatic hydroxyl groups excluding tert-OH is 1. The summed E-state index contributed by atoms with van der Waals surface area (Å²) in [5, 5.41) is 13.1. The molecular weight excluding hydrogens is 278 g/mol. The highest BCUT2D eigenvalue weighted by molar-refractivity contribution is 5.22. The number of hydrogen-bond donors (Lipinski definition) is 2. The summed E-state index contributed by atoms with van der Waals surface area (Å²) >= 11 is 0. The maximum Gasteiger partial charge on any atom is 0.255 e. The van der Waals surface area contributed by atoms with Gasteiger partial charge in [0.2, 0.25) is 0 Å². The Hall–Kier alpha value is -1.17. The SMILES string of the molecule is O=c1c(CN2CCC(O)CC2)ccc2n1C[C@@H]1CNC[C@H]2C1. The predicted octanol–water partition coefficient (Wildman–Crippen LogP) is 0.512. The maximum atomic E-state index is 12.8. The molecule has 120 valence electrons. The zero-order valence-corrected chi connectivity index (χ0v) is 13.0. The van der Waals surface area contributed by atoms with E-state index in [0.717, 1.165) is 57.7 Å². The largest absolute Gasteiger partial charge is 0.393 e. The molecule has 0 aliphatic carbocycles. The molecule has 3 aliphatic heterocycles. The third-order valence-electron chi connectivity index (χ3n) is 5.54. The quantitative estimate of drug-likeness (QED) is 0.836. The van der Waals surface area contributed by atoms with Crippen LogP contribution in [0, 0.1) is 5.92 Å². The second-order valence-corrected chi connectivity index (χ2v) is 7.16. The lowest BCUT2D eigenvalue weighted by atomic mass is 9.84. The van der Waals surface area contributed by atoms with Crippen molar-refractivity contribution in [2.45, 2.75) is 44.4 Å². The van der Waals surface area contributed by atoms with Gasteiger partial charge in [-0.2, -0.15) is 0 Å². The Morgan fingerprint density at radius 3 is 2.86 bits per heavy atom. The van der Waals surface area contributed by atoms with E-state index in [1.807, 2.05) is 10.6 Å². The number of aromatic nitrogens is 1. The number of likely N-dealkylation sites (tertiary alicyclic amines) is 1. The molecule has 0 radical (unpaired) electrons. The van der Waals surface area contributed by atoms with Crippen molar-refractivity contribution < 1.29 is 5.11 Å². The van der Waals surface area contributed by atoms with Gasteiger partial charge in [-0.3, -0.25) is 9.69 Å². The standard InChI is InChI=1S/C17H25N3O2/c21-15-3-5-19(6-4-15)11-13-1-2-16-14-7-12(8-18-9-14)10-20(16)17(13)22/h1-2,12,14-15,18,21H,3-11H2/t12-,14+/m0/s1. The van der Waals surface area contributed by atoms with Gasteiger partial charge in [0.05, 0.1) is 6.10 Å². The number of nitrogens with one attached hydrogen (secondary N) is 1. The highest BCUT2D eigenvalue weighted by atomic mass is 16.3. The number of hydrogen-bond acceptors (Lipinski definition) is 4. The van der Waals surface area contributed by atoms with Crippen LogP contribution in [0.2, 0.25) is 0 Å². The van der Waals surface area contributed by atoms with Crippen molar-refractivity contribution in [1.82, 2.24) is 14.8 Å². The number of aliphatic hydroxyl groups is 1. The van der Waals surface area contributed by atoms with Crippen LogP contribution < -0.4 is 10.9 Å². The zero-order valence-electron chi connectivity index (χ0n) is 13.0. The van der Waals surface area contributed by atoms with Crippen molar-refractivity contribution in [1.29, 1.82) is 0 Å². The molecule has 2 atom stereocenters. The average molecular weight is 303 g/mol. The first-order valence-corrected chi connectivity index (χ1v) is 8.54. The van der Waals surface area contributed by atoms with Gasteiger partial charge < -0.3 is 15.0 Å². The molecule has 4 heterocycles. The van der Waals surface area contributed by atoms with E-state index in [4.69, 9.17) is 0 Å². The second kappa shape index (κ2) is 5.80. The molecular formula is C17H25N3O2. The fraction of sp³-hybridized carbons (Fsp3) is 0.706. The molecule has 0 unspecified atom stereocenters. The molecule has 5 nitrogen and oxygen atoms in total. The molecule has 2 saturated heterocycles. The Kier molecular flexibility index (Phi) is 3.80. The summed E-state index contributed by atoms with van der Waals surface area (Å²) in [5.74, 6) is 1.10. The Labute approximate surface area is 130 Å². The topological polar surface area (TPSA) is 57.5 Å². The first-order valence-electron chi connectivity index (χ1n) is 8.54. The normalized spacial score (nSPS) is 29.3. The lowest BCUT2D eigenvalue weighted by molar-refractivity contribution is 0.0789. The van der Waals surface area contributed by atoms with Crippen LogP contribution >= 0.6 is 0 Å². The number of piperidine rings is 2. The highest BCUT2D eigenvalue weighted by Crippen LogP contribution is 2.31. The molecule has 4 rings (SSSR count). The summed E-state index contributed by atoms with van der Waals surface area (Å²) in [6.07, 6.45) is 2.70. The summed E-state index contributed by atoms with van der Waals surface area (Å²) in [4.78, 5) is 15.1. The Morgan fingerprint density at radius 1 is 1.23 bits per heavy atom. The van der Waals surface area contributed by atoms with Gasteiger partial charge in [-0.1, -0.05) is 6.07 Å². The van der Waals surface area contributed by atoms with Crippen molar-refractivity contribution in [3.63, 3.8) is 0 Å². The molecule has 0 spiro atoms. The van der Waals surface area contributed by atoms with Crippen LogP contribution in [0.15, 0.2) is 16.9 Å². The van der Waals surface area contributed by atoms with Crippen LogP contribution in [0.5, 0.6) is 0 Å². The van der Waals surface area contributed by atoms with Gasteiger partial charge >= 0.3 is 0 Å². The van der Waals surface area contributed by atoms with Crippen molar-refractivity contribution >= 4 is 0 Å². The molecule has 2 N–H and O–H groups in total. The van der Waals surface area contributed by atoms with E-state index in [1.165, 1.54) is 12.1 Å². The molecule has 0 aromatic carbocycles. The van der Waals surface area contributed by atoms with Gasteiger partial charge in [-0.05, 0) is 37.8 Å². The first-order chi connectivity index (χ1) is 10.7. The fourth-order valence-electron chi connectivity index (χ4n) is 4.27. The third kappa shape index (κ3) is 2.62. The average Bonchev–Trinajstić information content (AvgIpc) is 2.53. The number of fused-ring (bicyclic) bond motifs is 4. The lowest BCUT2D eigenvalue weighted by Crippen LogP contribution is -2.46. The minimum absolute atomic E-state index is 0.159. The van der Waals surface area contributed by atoms with Crippen molar-refractivity contribution in [3.05, 3.63) is 33.7 Å². The zero-order chi connectivity index (χ0) is 15.1. The smallest absolute Gasteiger partial charge is 0.255 e. The summed E-state index contributed by atoms with van der Waals surface area (Å²) in [5.41, 5.74) is 2.33. The van der Waals surface area contributed by atoms with E-state index in [1.54, 1.807) is 0 Å². The van der Waals surface area contributed by atoms with E-state index in [0.29, 0.717) is 11.8 Å². The van der Waals surface area contributed by atoms with Crippen molar-refractivity contribution in [2.75, 3.05) is 26.2 Å². The third-order valence-corrected chi connectivity index (χ3v) is 5.54. The Morgan fingerprint density at radius 2 is 2.05 bits per heavy atom. The minimum atomic E-state index is -0.159. The minimum Gasteiger partial charge on any atom is -0.393 e. The van der Waals surface area contributed by atoms with Crippen LogP contribution in [0.4, 0.5) is 0 Å². The molecule has 5 heteroatoms. The molecule has 0 amide bonds. The predicted molar refractivity (Wildman–Crippen MR) is 84.9 cm³/mol. The lowest BCUT2D eigenvalue weighted by Gasteiger charge is -2.38. The summed E-state index contributed by atoms with van der Waals surface area (Å²) in [6, 6.07) is 4.21. The van der Waals surface area contributed by atoms with Crippen LogP contribution in [-0.2, 0) is 13.1 Å². The number of nitrogens with zero attached hydrogens (tertiary/aromatic N) is 2. The molecule has 22 heavy (non-hydrogen) atoms. The van der Waals surface area contributed by atoms with Gasteiger partial charge in [0.25, 0.3) is 5.56 Å². The number of rotatable bonds is 2. The van der Waals surface area contributed by atoms with Gasteiger partial charge in [-0.25, -0.2) is 0 Å². The van der Waals surface area contributed by atoms with Crippen LogP contribution in [0.3, 0.4) is 0 Å². The first kappa shape index (κ1) is 14.4. The van der Waals surface area contributed by atoms with Crippen molar-refractivity contribution in [2.24, 2.45) is 5.92 Å². The second-order valence-electron chi connectivity index (χ2n) is 7.16. The summed E-state index contributed by atoms with van der Waals surface area (Å²) in [6.45, 7) is 5.40.